The summed E-state index contributed by atoms with van der Waals surface area (Å²) in [5.74, 6) is 0.728. The molecule has 0 aliphatic carbocycles. The van der Waals surface area contributed by atoms with Crippen LogP contribution in [0.5, 0.6) is 0 Å². The lowest BCUT2D eigenvalue weighted by Gasteiger charge is -2.07. The highest BCUT2D eigenvalue weighted by atomic mass is 15.3. The second kappa shape index (κ2) is 4.41. The molecule has 5 heteroatoms. The molecule has 1 aliphatic heterocycles. The standard InChI is InChI=1S/C16H15N5/c1-10-13-8-12(5-6-14(13)21(2)20-10)19-16-15-11(9-18-16)4-3-7-17-15/h3-8H,9H2,1-2H3,(H,18,19)/i2D3. The van der Waals surface area contributed by atoms with Gasteiger partial charge in [-0.25, -0.2) is 0 Å². The van der Waals surface area contributed by atoms with E-state index < -0.39 is 6.98 Å². The Kier molecular flexibility index (Phi) is 1.95. The number of pyridine rings is 1. The van der Waals surface area contributed by atoms with Gasteiger partial charge in [0.05, 0.1) is 17.8 Å². The van der Waals surface area contributed by atoms with Crippen LogP contribution in [0.25, 0.3) is 10.9 Å². The predicted molar refractivity (Wildman–Crippen MR) is 83.6 cm³/mol. The minimum absolute atomic E-state index is 0.588. The smallest absolute Gasteiger partial charge is 0.152 e. The van der Waals surface area contributed by atoms with E-state index in [-0.39, 0.29) is 0 Å². The van der Waals surface area contributed by atoms with Crippen LogP contribution in [0.3, 0.4) is 0 Å². The van der Waals surface area contributed by atoms with Gasteiger partial charge in [0, 0.05) is 33.9 Å². The molecular formula is C16H15N5. The van der Waals surface area contributed by atoms with Crippen LogP contribution in [-0.4, -0.2) is 20.6 Å². The fraction of sp³-hybridized carbons (Fsp3) is 0.188. The number of amidine groups is 1. The topological polar surface area (TPSA) is 55.1 Å². The second-order valence-electron chi connectivity index (χ2n) is 5.03. The Morgan fingerprint density at radius 1 is 1.33 bits per heavy atom. The summed E-state index contributed by atoms with van der Waals surface area (Å²) in [6, 6.07) is 9.39. The number of benzene rings is 1. The Labute approximate surface area is 126 Å². The normalized spacial score (nSPS) is 16.0. The number of nitrogens with zero attached hydrogens (tertiary/aromatic N) is 4. The second-order valence-corrected chi connectivity index (χ2v) is 5.03. The summed E-state index contributed by atoms with van der Waals surface area (Å²) in [5.41, 5.74) is 4.04. The maximum absolute atomic E-state index is 7.57. The zero-order valence-corrected chi connectivity index (χ0v) is 11.5. The lowest BCUT2D eigenvalue weighted by Crippen LogP contribution is -2.13. The summed E-state index contributed by atoms with van der Waals surface area (Å²) in [5, 5.41) is 8.23. The monoisotopic (exact) mass is 280 g/mol. The van der Waals surface area contributed by atoms with Crippen molar-refractivity contribution >= 4 is 22.4 Å². The minimum Gasteiger partial charge on any atom is -0.339 e. The van der Waals surface area contributed by atoms with Crippen LogP contribution >= 0.6 is 0 Å². The molecule has 0 saturated carbocycles. The van der Waals surface area contributed by atoms with Crippen LogP contribution in [0.2, 0.25) is 0 Å². The number of hydrogen-bond donors (Lipinski definition) is 1. The number of aromatic nitrogens is 3. The lowest BCUT2D eigenvalue weighted by atomic mass is 10.2. The Morgan fingerprint density at radius 3 is 3.19 bits per heavy atom. The highest BCUT2D eigenvalue weighted by Gasteiger charge is 2.17. The molecule has 104 valence electrons. The molecule has 1 N–H and O–H groups in total. The first-order valence-electron chi connectivity index (χ1n) is 8.19. The van der Waals surface area contributed by atoms with Gasteiger partial charge in [0.25, 0.3) is 0 Å². The van der Waals surface area contributed by atoms with E-state index in [9.17, 15) is 0 Å². The molecule has 0 amide bonds. The van der Waals surface area contributed by atoms with Gasteiger partial charge in [-0.2, -0.15) is 5.10 Å². The van der Waals surface area contributed by atoms with Crippen molar-refractivity contribution in [1.82, 2.24) is 14.8 Å². The first-order chi connectivity index (χ1) is 11.4. The third kappa shape index (κ3) is 1.89. The lowest BCUT2D eigenvalue weighted by molar-refractivity contribution is 0.783. The zero-order chi connectivity index (χ0) is 16.9. The summed E-state index contributed by atoms with van der Waals surface area (Å²) in [6.45, 7) is 0.127. The number of aryl methyl sites for hydroxylation is 2. The minimum atomic E-state index is -2.29. The van der Waals surface area contributed by atoms with Crippen LogP contribution in [0.4, 0.5) is 5.69 Å². The van der Waals surface area contributed by atoms with E-state index in [2.05, 4.69) is 20.4 Å². The molecule has 1 aliphatic rings. The van der Waals surface area contributed by atoms with E-state index >= 15 is 0 Å². The Morgan fingerprint density at radius 2 is 2.29 bits per heavy atom. The van der Waals surface area contributed by atoms with Gasteiger partial charge in [0.1, 0.15) is 5.69 Å². The van der Waals surface area contributed by atoms with Gasteiger partial charge < -0.3 is 5.32 Å². The highest BCUT2D eigenvalue weighted by Crippen LogP contribution is 2.23. The maximum Gasteiger partial charge on any atom is 0.152 e. The highest BCUT2D eigenvalue weighted by molar-refractivity contribution is 6.09. The Balaban J connectivity index is 1.71. The van der Waals surface area contributed by atoms with Crippen molar-refractivity contribution in [2.75, 3.05) is 5.32 Å². The van der Waals surface area contributed by atoms with Crippen LogP contribution in [0, 0.1) is 6.92 Å². The van der Waals surface area contributed by atoms with Crippen LogP contribution in [0.1, 0.15) is 21.1 Å². The van der Waals surface area contributed by atoms with Crippen molar-refractivity contribution in [3.05, 3.63) is 53.5 Å². The number of rotatable bonds is 1. The molecule has 0 atom stereocenters. The molecular weight excluding hydrogens is 262 g/mol. The van der Waals surface area contributed by atoms with Crippen molar-refractivity contribution in [1.29, 1.82) is 0 Å². The molecule has 0 spiro atoms. The summed E-state index contributed by atoms with van der Waals surface area (Å²) in [7, 11) is 0. The van der Waals surface area contributed by atoms with Crippen LogP contribution < -0.4 is 5.32 Å². The fourth-order valence-electron chi connectivity index (χ4n) is 2.60. The quantitative estimate of drug-likeness (QED) is 0.745. The predicted octanol–water partition coefficient (Wildman–Crippen LogP) is 2.65. The molecule has 0 radical (unpaired) electrons. The van der Waals surface area contributed by atoms with E-state index in [0.717, 1.165) is 32.8 Å². The number of fused-ring (bicyclic) bond motifs is 2. The van der Waals surface area contributed by atoms with Crippen molar-refractivity contribution in [3.63, 3.8) is 0 Å². The first-order valence-corrected chi connectivity index (χ1v) is 6.69. The van der Waals surface area contributed by atoms with Gasteiger partial charge in [-0.15, -0.1) is 0 Å². The summed E-state index contributed by atoms with van der Waals surface area (Å²) in [4.78, 5) is 8.85. The molecule has 3 heterocycles. The van der Waals surface area contributed by atoms with Crippen molar-refractivity contribution < 1.29 is 4.11 Å². The number of anilines is 1. The molecule has 0 fully saturated rings. The largest absolute Gasteiger partial charge is 0.339 e. The van der Waals surface area contributed by atoms with E-state index in [4.69, 9.17) is 4.11 Å². The molecule has 0 saturated heterocycles. The zero-order valence-electron chi connectivity index (χ0n) is 14.5. The van der Waals surface area contributed by atoms with E-state index in [1.165, 1.54) is 0 Å². The van der Waals surface area contributed by atoms with Crippen LogP contribution in [-0.2, 0) is 13.5 Å². The van der Waals surface area contributed by atoms with Crippen molar-refractivity contribution in [2.45, 2.75) is 13.5 Å². The van der Waals surface area contributed by atoms with Gasteiger partial charge >= 0.3 is 0 Å². The number of aliphatic imine (C=N–C) groups is 1. The number of nitrogens with one attached hydrogen (secondary N) is 1. The SMILES string of the molecule is [2H]C([2H])([2H])n1nc(C)c2cc(NC3=NCc4cccnc43)ccc21. The molecule has 2 aromatic heterocycles. The average Bonchev–Trinajstić information content (AvgIpc) is 3.09. The summed E-state index contributed by atoms with van der Waals surface area (Å²) >= 11 is 0. The first kappa shape index (κ1) is 9.28. The maximum atomic E-state index is 7.57. The fourth-order valence-corrected chi connectivity index (χ4v) is 2.60. The van der Waals surface area contributed by atoms with Crippen molar-refractivity contribution in [2.24, 2.45) is 12.0 Å². The van der Waals surface area contributed by atoms with E-state index in [1.54, 1.807) is 19.2 Å². The average molecular weight is 280 g/mol. The number of hydrogen-bond acceptors (Lipinski definition) is 4. The molecule has 4 rings (SSSR count). The van der Waals surface area contributed by atoms with Gasteiger partial charge in [0.15, 0.2) is 5.84 Å². The third-order valence-corrected chi connectivity index (χ3v) is 3.65. The van der Waals surface area contributed by atoms with Gasteiger partial charge in [-0.05, 0) is 31.2 Å². The third-order valence-electron chi connectivity index (χ3n) is 3.65. The van der Waals surface area contributed by atoms with Crippen molar-refractivity contribution in [3.8, 4) is 0 Å². The van der Waals surface area contributed by atoms with Gasteiger partial charge in [-0.1, -0.05) is 6.07 Å². The Hall–Kier alpha value is -2.69. The summed E-state index contributed by atoms with van der Waals surface area (Å²) < 4.78 is 23.8. The molecule has 5 nitrogen and oxygen atoms in total. The Bertz CT molecular complexity index is 971. The molecule has 1 aromatic carbocycles. The molecule has 0 bridgehead atoms. The summed E-state index contributed by atoms with van der Waals surface area (Å²) in [6.07, 6.45) is 1.75. The van der Waals surface area contributed by atoms with Crippen LogP contribution in [0.15, 0.2) is 41.5 Å². The molecule has 0 unspecified atom stereocenters. The van der Waals surface area contributed by atoms with Gasteiger partial charge in [0.2, 0.25) is 0 Å². The molecule has 3 aromatic rings. The molecule has 21 heavy (non-hydrogen) atoms. The van der Waals surface area contributed by atoms with Gasteiger partial charge in [-0.3, -0.25) is 14.7 Å². The van der Waals surface area contributed by atoms with E-state index in [0.29, 0.717) is 17.8 Å². The van der Waals surface area contributed by atoms with E-state index in [1.807, 2.05) is 24.3 Å².